The van der Waals surface area contributed by atoms with Crippen molar-refractivity contribution in [2.24, 2.45) is 5.92 Å². The summed E-state index contributed by atoms with van der Waals surface area (Å²) in [5.74, 6) is 0.905. The molecule has 2 aromatic rings. The van der Waals surface area contributed by atoms with Gasteiger partial charge in [0.15, 0.2) is 6.54 Å². The minimum Gasteiger partial charge on any atom is -0.467 e. The number of rotatable bonds is 7. The van der Waals surface area contributed by atoms with Gasteiger partial charge in [-0.2, -0.15) is 5.26 Å². The Hall–Kier alpha value is -3.05. The van der Waals surface area contributed by atoms with Crippen molar-refractivity contribution in [3.8, 4) is 6.07 Å². The molecule has 1 saturated heterocycles. The molecular weight excluding hydrogens is 384 g/mol. The average molecular weight is 413 g/mol. The van der Waals surface area contributed by atoms with Crippen LogP contribution in [-0.2, 0) is 20.9 Å². The van der Waals surface area contributed by atoms with Gasteiger partial charge in [-0.05, 0) is 38.5 Å². The van der Waals surface area contributed by atoms with Crippen molar-refractivity contribution >= 4 is 17.7 Å². The Balaban J connectivity index is 1.66. The summed E-state index contributed by atoms with van der Waals surface area (Å²) in [5, 5.41) is 12.6. The van der Waals surface area contributed by atoms with Crippen molar-refractivity contribution in [1.82, 2.24) is 4.57 Å². The van der Waals surface area contributed by atoms with Gasteiger partial charge in [0.2, 0.25) is 0 Å². The van der Waals surface area contributed by atoms with E-state index >= 15 is 0 Å². The molecule has 30 heavy (non-hydrogen) atoms. The highest BCUT2D eigenvalue weighted by Gasteiger charge is 2.30. The van der Waals surface area contributed by atoms with Gasteiger partial charge in [-0.3, -0.25) is 9.59 Å². The number of piperidine rings is 1. The Bertz CT molecular complexity index is 931. The van der Waals surface area contributed by atoms with Gasteiger partial charge in [0, 0.05) is 18.5 Å². The summed E-state index contributed by atoms with van der Waals surface area (Å²) in [6.45, 7) is 8.24. The second-order valence-corrected chi connectivity index (χ2v) is 7.71. The van der Waals surface area contributed by atoms with Crippen LogP contribution in [0.5, 0.6) is 0 Å². The molecule has 0 aliphatic carbocycles. The standard InChI is InChI=1S/C22H28N4O4/c1-4-29-22(28)17-7-9-25(10-8-17)14-20(27)24-21-19(12-23)15(2)16(3)26(21)13-18-6-5-11-30-18/h5-6,11,17H,4,7-10,13-14H2,1-3H3,(H,24,27)/p+1. The first kappa shape index (κ1) is 21.7. The maximum Gasteiger partial charge on any atom is 0.309 e. The van der Waals surface area contributed by atoms with E-state index in [-0.39, 0.29) is 17.8 Å². The largest absolute Gasteiger partial charge is 0.467 e. The molecule has 2 N–H and O–H groups in total. The number of carbonyl (C=O) groups is 2. The van der Waals surface area contributed by atoms with Gasteiger partial charge in [0.25, 0.3) is 5.91 Å². The van der Waals surface area contributed by atoms with E-state index in [0.29, 0.717) is 31.1 Å². The number of carbonyl (C=O) groups excluding carboxylic acids is 2. The highest BCUT2D eigenvalue weighted by atomic mass is 16.5. The number of nitrogens with one attached hydrogen (secondary N) is 2. The van der Waals surface area contributed by atoms with Crippen LogP contribution in [0, 0.1) is 31.1 Å². The molecule has 0 unspecified atom stereocenters. The number of nitrogens with zero attached hydrogens (tertiary/aromatic N) is 2. The molecule has 8 heteroatoms. The number of ether oxygens (including phenoxy) is 1. The Kier molecular flexibility index (Phi) is 6.95. The SMILES string of the molecule is CCOC(=O)C1CC[NH+](CC(=O)Nc2c(C#N)c(C)c(C)n2Cc2ccco2)CC1. The van der Waals surface area contributed by atoms with E-state index in [1.54, 1.807) is 6.26 Å². The highest BCUT2D eigenvalue weighted by molar-refractivity contribution is 5.92. The number of quaternary nitrogens is 1. The number of hydrogen-bond donors (Lipinski definition) is 2. The van der Waals surface area contributed by atoms with Crippen LogP contribution in [0.1, 0.15) is 42.3 Å². The summed E-state index contributed by atoms with van der Waals surface area (Å²) in [5.41, 5.74) is 2.24. The van der Waals surface area contributed by atoms with Crippen LogP contribution in [-0.4, -0.2) is 42.7 Å². The van der Waals surface area contributed by atoms with Crippen LogP contribution in [0.15, 0.2) is 22.8 Å². The Morgan fingerprint density at radius 1 is 1.37 bits per heavy atom. The number of anilines is 1. The third-order valence-corrected chi connectivity index (χ3v) is 5.82. The first-order valence-electron chi connectivity index (χ1n) is 10.4. The first-order valence-corrected chi connectivity index (χ1v) is 10.4. The van der Waals surface area contributed by atoms with Crippen LogP contribution in [0.3, 0.4) is 0 Å². The van der Waals surface area contributed by atoms with Gasteiger partial charge in [-0.25, -0.2) is 0 Å². The molecule has 160 valence electrons. The molecule has 8 nitrogen and oxygen atoms in total. The predicted octanol–water partition coefficient (Wildman–Crippen LogP) is 1.41. The van der Waals surface area contributed by atoms with Gasteiger partial charge in [0.1, 0.15) is 17.6 Å². The summed E-state index contributed by atoms with van der Waals surface area (Å²) in [4.78, 5) is 25.8. The van der Waals surface area contributed by atoms with Crippen molar-refractivity contribution in [3.05, 3.63) is 41.0 Å². The number of aromatic nitrogens is 1. The smallest absolute Gasteiger partial charge is 0.309 e. The fourth-order valence-corrected chi connectivity index (χ4v) is 3.99. The minimum absolute atomic E-state index is 0.0715. The molecule has 1 aliphatic heterocycles. The molecule has 0 bridgehead atoms. The van der Waals surface area contributed by atoms with E-state index in [0.717, 1.165) is 47.8 Å². The summed E-state index contributed by atoms with van der Waals surface area (Å²) < 4.78 is 12.5. The van der Waals surface area contributed by atoms with E-state index in [1.807, 2.05) is 37.5 Å². The average Bonchev–Trinajstić information content (AvgIpc) is 3.32. The minimum atomic E-state index is -0.144. The number of hydrogen-bond acceptors (Lipinski definition) is 5. The van der Waals surface area contributed by atoms with E-state index in [1.165, 1.54) is 0 Å². The molecule has 0 atom stereocenters. The van der Waals surface area contributed by atoms with Crippen LogP contribution in [0.25, 0.3) is 0 Å². The lowest BCUT2D eigenvalue weighted by Gasteiger charge is -2.27. The monoisotopic (exact) mass is 413 g/mol. The number of amides is 1. The zero-order valence-electron chi connectivity index (χ0n) is 17.8. The van der Waals surface area contributed by atoms with Crippen LogP contribution >= 0.6 is 0 Å². The van der Waals surface area contributed by atoms with Crippen molar-refractivity contribution in [2.75, 3.05) is 31.6 Å². The summed E-state index contributed by atoms with van der Waals surface area (Å²) in [7, 11) is 0. The molecular formula is C22H29N4O4+. The van der Waals surface area contributed by atoms with Gasteiger partial charge >= 0.3 is 5.97 Å². The van der Waals surface area contributed by atoms with Crippen molar-refractivity contribution in [2.45, 2.75) is 40.2 Å². The number of furan rings is 1. The van der Waals surface area contributed by atoms with Gasteiger partial charge in [-0.1, -0.05) is 0 Å². The molecule has 3 rings (SSSR count). The van der Waals surface area contributed by atoms with Crippen LogP contribution < -0.4 is 10.2 Å². The maximum atomic E-state index is 12.8. The molecule has 0 radical (unpaired) electrons. The fourth-order valence-electron chi connectivity index (χ4n) is 3.99. The van der Waals surface area contributed by atoms with Crippen molar-refractivity contribution < 1.29 is 23.6 Å². The highest BCUT2D eigenvalue weighted by Crippen LogP contribution is 2.27. The third kappa shape index (κ3) is 4.74. The summed E-state index contributed by atoms with van der Waals surface area (Å²) >= 11 is 0. The van der Waals surface area contributed by atoms with Crippen molar-refractivity contribution in [3.63, 3.8) is 0 Å². The molecule has 0 spiro atoms. The molecule has 0 saturated carbocycles. The van der Waals surface area contributed by atoms with E-state index in [4.69, 9.17) is 9.15 Å². The number of nitriles is 1. The zero-order chi connectivity index (χ0) is 21.7. The Morgan fingerprint density at radius 3 is 2.70 bits per heavy atom. The van der Waals surface area contributed by atoms with Gasteiger partial charge < -0.3 is 23.9 Å². The van der Waals surface area contributed by atoms with Crippen LogP contribution in [0.2, 0.25) is 0 Å². The second-order valence-electron chi connectivity index (χ2n) is 7.71. The zero-order valence-corrected chi connectivity index (χ0v) is 17.8. The summed E-state index contributed by atoms with van der Waals surface area (Å²) in [6, 6.07) is 5.90. The normalized spacial score (nSPS) is 18.6. The maximum absolute atomic E-state index is 12.8. The van der Waals surface area contributed by atoms with E-state index < -0.39 is 0 Å². The Morgan fingerprint density at radius 2 is 2.10 bits per heavy atom. The van der Waals surface area contributed by atoms with Crippen LogP contribution in [0.4, 0.5) is 5.82 Å². The molecule has 3 heterocycles. The third-order valence-electron chi connectivity index (χ3n) is 5.82. The van der Waals surface area contributed by atoms with Gasteiger partial charge in [0.05, 0.1) is 44.0 Å². The lowest BCUT2D eigenvalue weighted by molar-refractivity contribution is -0.897. The molecule has 2 aromatic heterocycles. The quantitative estimate of drug-likeness (QED) is 0.669. The van der Waals surface area contributed by atoms with E-state index in [2.05, 4.69) is 11.4 Å². The molecule has 0 aromatic carbocycles. The Labute approximate surface area is 176 Å². The number of esters is 1. The predicted molar refractivity (Wildman–Crippen MR) is 110 cm³/mol. The molecule has 1 fully saturated rings. The lowest BCUT2D eigenvalue weighted by Crippen LogP contribution is -3.14. The summed E-state index contributed by atoms with van der Waals surface area (Å²) in [6.07, 6.45) is 3.05. The first-order chi connectivity index (χ1) is 14.4. The fraction of sp³-hybridized carbons (Fsp3) is 0.500. The number of likely N-dealkylation sites (tertiary alicyclic amines) is 1. The topological polar surface area (TPSA) is 102 Å². The lowest BCUT2D eigenvalue weighted by atomic mass is 9.97. The van der Waals surface area contributed by atoms with Gasteiger partial charge in [-0.15, -0.1) is 0 Å². The molecule has 1 aliphatic rings. The van der Waals surface area contributed by atoms with Crippen molar-refractivity contribution in [1.29, 1.82) is 5.26 Å². The van der Waals surface area contributed by atoms with E-state index in [9.17, 15) is 14.9 Å². The second kappa shape index (κ2) is 9.63. The molecule has 1 amide bonds.